The Hall–Kier alpha value is -6.65. The van der Waals surface area contributed by atoms with E-state index in [0.29, 0.717) is 5.82 Å². The monoisotopic (exact) mass is 627 g/mol. The highest BCUT2D eigenvalue weighted by atomic mass is 16.3. The molecule has 0 atom stereocenters. The lowest BCUT2D eigenvalue weighted by Crippen LogP contribution is -1.96. The molecule has 3 aromatic heterocycles. The number of para-hydroxylation sites is 1. The third kappa shape index (κ3) is 5.56. The second kappa shape index (κ2) is 12.2. The number of furan rings is 1. The lowest BCUT2D eigenvalue weighted by Gasteiger charge is -2.11. The minimum atomic E-state index is 0.671. The van der Waals surface area contributed by atoms with Crippen LogP contribution in [-0.4, -0.2) is 15.0 Å². The van der Waals surface area contributed by atoms with Gasteiger partial charge in [-0.2, -0.15) is 0 Å². The van der Waals surface area contributed by atoms with Crippen molar-refractivity contribution in [1.82, 2.24) is 15.0 Å². The standard InChI is InChI=1S/C45H29N3O/c1-3-11-39-31(7-1)9-5-12-40(39)32-16-18-33(19-17-32)41-28-42(34-20-22-35(23-21-34)44-27-37-8-2-4-13-43(37)49-44)48-45(47-41)36-24-14-30(15-25-36)38-10-6-26-46-29-38/h1-29H. The van der Waals surface area contributed by atoms with Crippen molar-refractivity contribution in [2.45, 2.75) is 0 Å². The van der Waals surface area contributed by atoms with Crippen LogP contribution in [0.15, 0.2) is 181 Å². The van der Waals surface area contributed by atoms with E-state index in [1.54, 1.807) is 6.20 Å². The molecule has 0 N–H and O–H groups in total. The van der Waals surface area contributed by atoms with Crippen LogP contribution in [0.2, 0.25) is 0 Å². The summed E-state index contributed by atoms with van der Waals surface area (Å²) in [6, 6.07) is 56.7. The summed E-state index contributed by atoms with van der Waals surface area (Å²) >= 11 is 0. The van der Waals surface area contributed by atoms with Crippen molar-refractivity contribution in [1.29, 1.82) is 0 Å². The Bertz CT molecular complexity index is 2530. The number of hydrogen-bond acceptors (Lipinski definition) is 4. The fraction of sp³-hybridized carbons (Fsp3) is 0. The molecule has 9 aromatic rings. The molecule has 0 spiro atoms. The number of pyridine rings is 1. The Morgan fingerprint density at radius 1 is 0.408 bits per heavy atom. The van der Waals surface area contributed by atoms with E-state index in [0.717, 1.165) is 61.5 Å². The van der Waals surface area contributed by atoms with Gasteiger partial charge in [-0.3, -0.25) is 4.98 Å². The summed E-state index contributed by atoms with van der Waals surface area (Å²) in [7, 11) is 0. The van der Waals surface area contributed by atoms with E-state index < -0.39 is 0 Å². The lowest BCUT2D eigenvalue weighted by atomic mass is 9.97. The number of aromatic nitrogens is 3. The van der Waals surface area contributed by atoms with Crippen molar-refractivity contribution in [3.05, 3.63) is 176 Å². The second-order valence-corrected chi connectivity index (χ2v) is 12.1. The molecule has 0 amide bonds. The van der Waals surface area contributed by atoms with Gasteiger partial charge in [-0.25, -0.2) is 9.97 Å². The molecule has 9 rings (SSSR count). The van der Waals surface area contributed by atoms with E-state index in [1.165, 1.54) is 21.9 Å². The normalized spacial score (nSPS) is 11.3. The number of nitrogens with zero attached hydrogens (tertiary/aromatic N) is 3. The van der Waals surface area contributed by atoms with Crippen molar-refractivity contribution >= 4 is 21.7 Å². The van der Waals surface area contributed by atoms with Gasteiger partial charge >= 0.3 is 0 Å². The molecule has 230 valence electrons. The molecule has 0 saturated heterocycles. The molecule has 0 unspecified atom stereocenters. The van der Waals surface area contributed by atoms with Crippen LogP contribution < -0.4 is 0 Å². The molecule has 0 radical (unpaired) electrons. The zero-order chi connectivity index (χ0) is 32.6. The third-order valence-electron chi connectivity index (χ3n) is 9.04. The quantitative estimate of drug-likeness (QED) is 0.184. The topological polar surface area (TPSA) is 51.8 Å². The molecule has 3 heterocycles. The predicted octanol–water partition coefficient (Wildman–Crippen LogP) is 11.8. The second-order valence-electron chi connectivity index (χ2n) is 12.1. The van der Waals surface area contributed by atoms with Crippen molar-refractivity contribution < 1.29 is 4.42 Å². The molecular formula is C45H29N3O. The highest BCUT2D eigenvalue weighted by Crippen LogP contribution is 2.34. The van der Waals surface area contributed by atoms with Gasteiger partial charge in [-0.05, 0) is 57.3 Å². The Morgan fingerprint density at radius 3 is 1.73 bits per heavy atom. The van der Waals surface area contributed by atoms with Crippen molar-refractivity contribution in [3.8, 4) is 67.5 Å². The van der Waals surface area contributed by atoms with Gasteiger partial charge < -0.3 is 4.42 Å². The fourth-order valence-electron chi connectivity index (χ4n) is 6.44. The van der Waals surface area contributed by atoms with Crippen LogP contribution in [0.4, 0.5) is 0 Å². The maximum atomic E-state index is 6.13. The van der Waals surface area contributed by atoms with Crippen LogP contribution in [0.1, 0.15) is 0 Å². The zero-order valence-corrected chi connectivity index (χ0v) is 26.5. The van der Waals surface area contributed by atoms with Crippen molar-refractivity contribution in [2.75, 3.05) is 0 Å². The largest absolute Gasteiger partial charge is 0.456 e. The van der Waals surface area contributed by atoms with Crippen LogP contribution in [0.3, 0.4) is 0 Å². The van der Waals surface area contributed by atoms with Crippen LogP contribution in [-0.2, 0) is 0 Å². The lowest BCUT2D eigenvalue weighted by molar-refractivity contribution is 0.631. The summed E-state index contributed by atoms with van der Waals surface area (Å²) in [5.41, 5.74) is 11.1. The van der Waals surface area contributed by atoms with Gasteiger partial charge in [-0.1, -0.05) is 140 Å². The summed E-state index contributed by atoms with van der Waals surface area (Å²) in [5.74, 6) is 1.52. The van der Waals surface area contributed by atoms with Crippen LogP contribution in [0, 0.1) is 0 Å². The first kappa shape index (κ1) is 28.6. The molecule has 0 bridgehead atoms. The maximum Gasteiger partial charge on any atom is 0.160 e. The Morgan fingerprint density at radius 2 is 1.02 bits per heavy atom. The number of rotatable bonds is 6. The summed E-state index contributed by atoms with van der Waals surface area (Å²) < 4.78 is 6.13. The average molecular weight is 628 g/mol. The Balaban J connectivity index is 1.11. The van der Waals surface area contributed by atoms with E-state index >= 15 is 0 Å². The van der Waals surface area contributed by atoms with Gasteiger partial charge in [0, 0.05) is 40.0 Å². The molecule has 49 heavy (non-hydrogen) atoms. The van der Waals surface area contributed by atoms with Gasteiger partial charge in [0.15, 0.2) is 5.82 Å². The maximum absolute atomic E-state index is 6.13. The van der Waals surface area contributed by atoms with E-state index in [9.17, 15) is 0 Å². The number of benzene rings is 6. The molecule has 6 aromatic carbocycles. The molecule has 0 saturated carbocycles. The summed E-state index contributed by atoms with van der Waals surface area (Å²) in [5, 5.41) is 3.56. The van der Waals surface area contributed by atoms with Crippen LogP contribution >= 0.6 is 0 Å². The van der Waals surface area contributed by atoms with Gasteiger partial charge in [0.25, 0.3) is 0 Å². The van der Waals surface area contributed by atoms with E-state index in [4.69, 9.17) is 14.4 Å². The van der Waals surface area contributed by atoms with Crippen molar-refractivity contribution in [2.24, 2.45) is 0 Å². The van der Waals surface area contributed by atoms with E-state index in [1.807, 2.05) is 30.5 Å². The van der Waals surface area contributed by atoms with Crippen LogP contribution in [0.5, 0.6) is 0 Å². The Labute approximate surface area is 284 Å². The van der Waals surface area contributed by atoms with E-state index in [2.05, 4.69) is 145 Å². The van der Waals surface area contributed by atoms with Gasteiger partial charge in [0.05, 0.1) is 11.4 Å². The average Bonchev–Trinajstić information content (AvgIpc) is 3.63. The van der Waals surface area contributed by atoms with E-state index in [-0.39, 0.29) is 0 Å². The number of hydrogen-bond donors (Lipinski definition) is 0. The summed E-state index contributed by atoms with van der Waals surface area (Å²) in [6.45, 7) is 0. The molecule has 0 fully saturated rings. The molecule has 0 aliphatic rings. The van der Waals surface area contributed by atoms with Gasteiger partial charge in [0.2, 0.25) is 0 Å². The zero-order valence-electron chi connectivity index (χ0n) is 26.5. The molecule has 4 heteroatoms. The highest BCUT2D eigenvalue weighted by molar-refractivity contribution is 5.97. The highest BCUT2D eigenvalue weighted by Gasteiger charge is 2.13. The predicted molar refractivity (Wildman–Crippen MR) is 200 cm³/mol. The minimum Gasteiger partial charge on any atom is -0.456 e. The minimum absolute atomic E-state index is 0.671. The molecular weight excluding hydrogens is 599 g/mol. The fourth-order valence-corrected chi connectivity index (χ4v) is 6.44. The first-order valence-electron chi connectivity index (χ1n) is 16.3. The first-order chi connectivity index (χ1) is 24.2. The van der Waals surface area contributed by atoms with Crippen LogP contribution in [0.25, 0.3) is 89.2 Å². The SMILES string of the molecule is c1cncc(-c2ccc(-c3nc(-c4ccc(-c5cc6ccccc6o5)cc4)cc(-c4ccc(-c5cccc6ccccc56)cc4)n3)cc2)c1. The summed E-state index contributed by atoms with van der Waals surface area (Å²) in [6.07, 6.45) is 3.66. The van der Waals surface area contributed by atoms with Gasteiger partial charge in [-0.15, -0.1) is 0 Å². The molecule has 0 aliphatic carbocycles. The summed E-state index contributed by atoms with van der Waals surface area (Å²) in [4.78, 5) is 14.5. The number of fused-ring (bicyclic) bond motifs is 2. The molecule has 4 nitrogen and oxygen atoms in total. The molecule has 0 aliphatic heterocycles. The smallest absolute Gasteiger partial charge is 0.160 e. The Kier molecular flexibility index (Phi) is 7.10. The first-order valence-corrected chi connectivity index (χ1v) is 16.3. The van der Waals surface area contributed by atoms with Crippen molar-refractivity contribution in [3.63, 3.8) is 0 Å². The van der Waals surface area contributed by atoms with Gasteiger partial charge in [0.1, 0.15) is 11.3 Å². The third-order valence-corrected chi connectivity index (χ3v) is 9.04.